The maximum absolute atomic E-state index is 12.1. The van der Waals surface area contributed by atoms with E-state index in [2.05, 4.69) is 15.6 Å². The van der Waals surface area contributed by atoms with Crippen LogP contribution in [0.25, 0.3) is 0 Å². The predicted molar refractivity (Wildman–Crippen MR) is 79.2 cm³/mol. The molecule has 8 nitrogen and oxygen atoms in total. The number of rotatable bonds is 3. The summed E-state index contributed by atoms with van der Waals surface area (Å²) in [5, 5.41) is 15.5. The largest absolute Gasteiger partial charge is 0.325 e. The molecule has 1 atom stereocenters. The Labute approximate surface area is 124 Å². The zero-order valence-corrected chi connectivity index (χ0v) is 11.8. The van der Waals surface area contributed by atoms with Crippen LogP contribution in [0.2, 0.25) is 0 Å². The molecule has 1 aromatic carbocycles. The molecule has 1 aliphatic rings. The van der Waals surface area contributed by atoms with Gasteiger partial charge in [0.25, 0.3) is 5.69 Å². The zero-order chi connectivity index (χ0) is 15.4. The number of anilines is 1. The van der Waals surface area contributed by atoms with Crippen molar-refractivity contribution in [2.75, 3.05) is 12.4 Å². The van der Waals surface area contributed by atoms with Crippen LogP contribution in [0.15, 0.2) is 29.3 Å². The Balaban J connectivity index is 2.03. The first-order chi connectivity index (χ1) is 9.99. The minimum Gasteiger partial charge on any atom is -0.325 e. The van der Waals surface area contributed by atoms with E-state index in [0.717, 1.165) is 0 Å². The second-order valence-corrected chi connectivity index (χ2v) is 5.37. The van der Waals surface area contributed by atoms with Crippen molar-refractivity contribution in [2.24, 2.45) is 4.99 Å². The summed E-state index contributed by atoms with van der Waals surface area (Å²) in [4.78, 5) is 37.4. The van der Waals surface area contributed by atoms with Crippen molar-refractivity contribution in [1.29, 1.82) is 0 Å². The van der Waals surface area contributed by atoms with Crippen molar-refractivity contribution in [3.05, 3.63) is 34.4 Å². The second kappa shape index (κ2) is 6.35. The third-order valence-corrected chi connectivity index (χ3v) is 3.89. The fourth-order valence-electron chi connectivity index (χ4n) is 1.69. The lowest BCUT2D eigenvalue weighted by Gasteiger charge is -2.21. The second-order valence-electron chi connectivity index (χ2n) is 4.18. The molecule has 110 valence electrons. The van der Waals surface area contributed by atoms with Crippen molar-refractivity contribution in [3.63, 3.8) is 0 Å². The van der Waals surface area contributed by atoms with Gasteiger partial charge in [0.1, 0.15) is 5.25 Å². The molecule has 0 aliphatic carbocycles. The van der Waals surface area contributed by atoms with Gasteiger partial charge in [-0.25, -0.2) is 0 Å². The van der Waals surface area contributed by atoms with Crippen LogP contribution < -0.4 is 10.6 Å². The number of nitro benzene ring substituents is 1. The lowest BCUT2D eigenvalue weighted by atomic mass is 10.2. The molecule has 2 amide bonds. The highest BCUT2D eigenvalue weighted by Crippen LogP contribution is 2.23. The summed E-state index contributed by atoms with van der Waals surface area (Å²) in [5.41, 5.74) is 0.381. The zero-order valence-electron chi connectivity index (χ0n) is 11.0. The number of nitro groups is 1. The standard InChI is InChI=1S/C12H12N4O4S/c1-13-12-15-10(17)6-9(21-12)11(18)14-7-2-4-8(5-3-7)16(19)20/h2-5,9H,6H2,1H3,(H,14,18)(H,13,15,17). The van der Waals surface area contributed by atoms with Crippen LogP contribution in [0.4, 0.5) is 11.4 Å². The summed E-state index contributed by atoms with van der Waals surface area (Å²) in [6, 6.07) is 5.49. The van der Waals surface area contributed by atoms with E-state index in [0.29, 0.717) is 10.9 Å². The van der Waals surface area contributed by atoms with Crippen molar-refractivity contribution in [3.8, 4) is 0 Å². The number of benzene rings is 1. The van der Waals surface area contributed by atoms with Crippen molar-refractivity contribution < 1.29 is 14.5 Å². The Bertz CT molecular complexity index is 614. The van der Waals surface area contributed by atoms with E-state index < -0.39 is 10.2 Å². The van der Waals surface area contributed by atoms with Gasteiger partial charge >= 0.3 is 0 Å². The van der Waals surface area contributed by atoms with Gasteiger partial charge in [-0.1, -0.05) is 11.8 Å². The van der Waals surface area contributed by atoms with E-state index >= 15 is 0 Å². The average Bonchev–Trinajstić information content (AvgIpc) is 2.47. The molecule has 21 heavy (non-hydrogen) atoms. The molecule has 2 N–H and O–H groups in total. The van der Waals surface area contributed by atoms with Crippen molar-refractivity contribution in [2.45, 2.75) is 11.7 Å². The number of carbonyl (C=O) groups is 2. The highest BCUT2D eigenvalue weighted by molar-refractivity contribution is 8.15. The Hall–Kier alpha value is -2.42. The number of non-ortho nitro benzene ring substituents is 1. The van der Waals surface area contributed by atoms with Gasteiger partial charge in [0.15, 0.2) is 5.17 Å². The maximum atomic E-state index is 12.1. The van der Waals surface area contributed by atoms with Crippen molar-refractivity contribution in [1.82, 2.24) is 5.32 Å². The van der Waals surface area contributed by atoms with Crippen LogP contribution in [-0.2, 0) is 9.59 Å². The van der Waals surface area contributed by atoms with Gasteiger partial charge in [0.05, 0.1) is 4.92 Å². The fraction of sp³-hybridized carbons (Fsp3) is 0.250. The van der Waals surface area contributed by atoms with Crippen LogP contribution in [0.1, 0.15) is 6.42 Å². The molecule has 1 aliphatic heterocycles. The van der Waals surface area contributed by atoms with E-state index in [-0.39, 0.29) is 23.9 Å². The maximum Gasteiger partial charge on any atom is 0.269 e. The molecule has 1 unspecified atom stereocenters. The molecule has 1 saturated heterocycles. The fourth-order valence-corrected chi connectivity index (χ4v) is 2.64. The molecule has 0 radical (unpaired) electrons. The summed E-state index contributed by atoms with van der Waals surface area (Å²) < 4.78 is 0. The number of nitrogens with zero attached hydrogens (tertiary/aromatic N) is 2. The number of thioether (sulfide) groups is 1. The number of nitrogens with one attached hydrogen (secondary N) is 2. The van der Waals surface area contributed by atoms with Crippen molar-refractivity contribution >= 4 is 40.1 Å². The quantitative estimate of drug-likeness (QED) is 0.642. The first-order valence-corrected chi connectivity index (χ1v) is 6.86. The third kappa shape index (κ3) is 3.78. The minimum absolute atomic E-state index is 0.0557. The molecule has 9 heteroatoms. The highest BCUT2D eigenvalue weighted by atomic mass is 32.2. The molecule has 0 spiro atoms. The Kier molecular flexibility index (Phi) is 4.53. The number of hydrogen-bond acceptors (Lipinski definition) is 6. The lowest BCUT2D eigenvalue weighted by Crippen LogP contribution is -2.41. The summed E-state index contributed by atoms with van der Waals surface area (Å²) in [6.07, 6.45) is 0.0580. The van der Waals surface area contributed by atoms with Crippen LogP contribution in [0, 0.1) is 10.1 Å². The minimum atomic E-state index is -0.576. The molecular formula is C12H12N4O4S. The van der Waals surface area contributed by atoms with E-state index in [1.807, 2.05) is 0 Å². The summed E-state index contributed by atoms with van der Waals surface area (Å²) >= 11 is 1.17. The first-order valence-electron chi connectivity index (χ1n) is 5.98. The molecule has 0 saturated carbocycles. The third-order valence-electron chi connectivity index (χ3n) is 2.71. The topological polar surface area (TPSA) is 114 Å². The molecule has 0 bridgehead atoms. The van der Waals surface area contributed by atoms with Gasteiger partial charge in [-0.15, -0.1) is 0 Å². The van der Waals surface area contributed by atoms with Crippen LogP contribution in [0.5, 0.6) is 0 Å². The number of hydrogen-bond donors (Lipinski definition) is 2. The average molecular weight is 308 g/mol. The van der Waals surface area contributed by atoms with Crippen LogP contribution in [-0.4, -0.2) is 34.2 Å². The number of amidine groups is 1. The van der Waals surface area contributed by atoms with E-state index in [1.54, 1.807) is 0 Å². The highest BCUT2D eigenvalue weighted by Gasteiger charge is 2.29. The van der Waals surface area contributed by atoms with E-state index in [1.165, 1.54) is 43.1 Å². The van der Waals surface area contributed by atoms with Gasteiger partial charge in [0, 0.05) is 31.3 Å². The summed E-state index contributed by atoms with van der Waals surface area (Å²) in [7, 11) is 1.53. The van der Waals surface area contributed by atoms with Gasteiger partial charge < -0.3 is 10.6 Å². The number of carbonyl (C=O) groups excluding carboxylic acids is 2. The predicted octanol–water partition coefficient (Wildman–Crippen LogP) is 1.14. The Morgan fingerprint density at radius 2 is 2.14 bits per heavy atom. The Morgan fingerprint density at radius 1 is 1.48 bits per heavy atom. The SMILES string of the molecule is CN=C1NC(=O)CC(C(=O)Nc2ccc([N+](=O)[O-])cc2)S1. The number of amides is 2. The smallest absolute Gasteiger partial charge is 0.269 e. The van der Waals surface area contributed by atoms with E-state index in [9.17, 15) is 19.7 Å². The molecule has 1 heterocycles. The van der Waals surface area contributed by atoms with Gasteiger partial charge in [-0.05, 0) is 12.1 Å². The summed E-state index contributed by atoms with van der Waals surface area (Å²) in [5.74, 6) is -0.608. The number of aliphatic imine (C=N–C) groups is 1. The Morgan fingerprint density at radius 3 is 2.71 bits per heavy atom. The van der Waals surface area contributed by atoms with Gasteiger partial charge in [-0.3, -0.25) is 24.7 Å². The molecule has 2 rings (SSSR count). The molecule has 0 aromatic heterocycles. The first kappa shape index (κ1) is 15.0. The molecule has 1 fully saturated rings. The van der Waals surface area contributed by atoms with Crippen LogP contribution in [0.3, 0.4) is 0 Å². The lowest BCUT2D eigenvalue weighted by molar-refractivity contribution is -0.384. The van der Waals surface area contributed by atoms with E-state index in [4.69, 9.17) is 0 Å². The summed E-state index contributed by atoms with van der Waals surface area (Å²) in [6.45, 7) is 0. The monoisotopic (exact) mass is 308 g/mol. The normalized spacial score (nSPS) is 20.0. The molecule has 1 aromatic rings. The van der Waals surface area contributed by atoms with Gasteiger partial charge in [-0.2, -0.15) is 0 Å². The van der Waals surface area contributed by atoms with Crippen LogP contribution >= 0.6 is 11.8 Å². The van der Waals surface area contributed by atoms with Gasteiger partial charge in [0.2, 0.25) is 11.8 Å². The molecular weight excluding hydrogens is 296 g/mol.